The fourth-order valence-electron chi connectivity index (χ4n) is 4.23. The highest BCUT2D eigenvalue weighted by Crippen LogP contribution is 2.43. The minimum absolute atomic E-state index is 0.00284. The van der Waals surface area contributed by atoms with Crippen molar-refractivity contribution in [1.29, 1.82) is 0 Å². The van der Waals surface area contributed by atoms with E-state index in [0.717, 1.165) is 12.8 Å². The summed E-state index contributed by atoms with van der Waals surface area (Å²) in [5, 5.41) is 7.80. The van der Waals surface area contributed by atoms with Crippen molar-refractivity contribution in [2.75, 3.05) is 33.2 Å². The Morgan fingerprint density at radius 3 is 2.22 bits per heavy atom. The summed E-state index contributed by atoms with van der Waals surface area (Å²) >= 11 is 5.88. The number of nitrogens with one attached hydrogen (secondary N) is 1. The largest absolute Gasteiger partial charge is 0.494 e. The summed E-state index contributed by atoms with van der Waals surface area (Å²) in [6.45, 7) is 1.49. The van der Waals surface area contributed by atoms with Gasteiger partial charge in [-0.05, 0) is 31.9 Å². The molecule has 37 heavy (non-hydrogen) atoms. The van der Waals surface area contributed by atoms with Crippen molar-refractivity contribution in [3.05, 3.63) is 47.3 Å². The summed E-state index contributed by atoms with van der Waals surface area (Å²) in [4.78, 5) is 8.25. The van der Waals surface area contributed by atoms with Crippen molar-refractivity contribution in [2.45, 2.75) is 43.1 Å². The molecule has 0 amide bonds. The van der Waals surface area contributed by atoms with E-state index in [9.17, 15) is 8.42 Å². The van der Waals surface area contributed by atoms with Gasteiger partial charge in [0.15, 0.2) is 5.82 Å². The van der Waals surface area contributed by atoms with Gasteiger partial charge in [-0.25, -0.2) is 18.4 Å². The molecular weight excluding hydrogens is 524 g/mol. The smallest absolute Gasteiger partial charge is 0.243 e. The van der Waals surface area contributed by atoms with Crippen molar-refractivity contribution in [1.82, 2.24) is 24.7 Å². The maximum atomic E-state index is 13.6. The average Bonchev–Trinajstić information content (AvgIpc) is 3.25. The fraction of sp³-hybridized carbons (Fsp3) is 0.478. The molecule has 12 nitrogen and oxygen atoms in total. The van der Waals surface area contributed by atoms with Gasteiger partial charge in [-0.2, -0.15) is 0 Å². The summed E-state index contributed by atoms with van der Waals surface area (Å²) in [7, 11) is 2.00. The van der Waals surface area contributed by atoms with E-state index in [1.165, 1.54) is 40.6 Å². The molecule has 4 rings (SSSR count). The van der Waals surface area contributed by atoms with Gasteiger partial charge in [-0.15, -0.1) is 10.2 Å². The second-order valence-electron chi connectivity index (χ2n) is 8.52. The number of nitrogens with zero attached hydrogens (tertiary/aromatic N) is 5. The monoisotopic (exact) mass is 552 g/mol. The lowest BCUT2D eigenvalue weighted by Gasteiger charge is -2.33. The maximum absolute atomic E-state index is 13.6. The normalized spacial score (nSPS) is 19.1. The molecule has 14 heteroatoms. The van der Waals surface area contributed by atoms with E-state index in [0.29, 0.717) is 28.0 Å². The van der Waals surface area contributed by atoms with Gasteiger partial charge in [0, 0.05) is 32.5 Å². The third kappa shape index (κ3) is 5.35. The fourth-order valence-corrected chi connectivity index (χ4v) is 5.46. The van der Waals surface area contributed by atoms with Crippen LogP contribution in [0.5, 0.6) is 11.5 Å². The molecule has 1 saturated carbocycles. The number of hydrogen-bond acceptors (Lipinski definition) is 10. The number of anilines is 1. The van der Waals surface area contributed by atoms with Gasteiger partial charge < -0.3 is 18.9 Å². The lowest BCUT2D eigenvalue weighted by Crippen LogP contribution is -2.34. The molecule has 0 aliphatic heterocycles. The standard InChI is InChI=1S/C23H29ClN6O6S/c1-13(20(36-5)21-25-11-15(24)12-26-21)37(31,32)29-23-28-27-22(14-9-16(10-14)33-2)30(23)19-17(34-3)7-6-8-18(19)35-4/h6-8,11-14,16,20H,9-10H2,1-5H3,(H,28,29)/t13-,14-,16-,20-/m0/s1. The topological polar surface area (TPSA) is 140 Å². The van der Waals surface area contributed by atoms with Crippen molar-refractivity contribution in [3.8, 4) is 17.2 Å². The predicted molar refractivity (Wildman–Crippen MR) is 136 cm³/mol. The van der Waals surface area contributed by atoms with Crippen molar-refractivity contribution >= 4 is 27.6 Å². The van der Waals surface area contributed by atoms with Gasteiger partial charge in [0.05, 0.1) is 25.3 Å². The molecule has 1 aromatic carbocycles. The van der Waals surface area contributed by atoms with Crippen molar-refractivity contribution in [2.24, 2.45) is 0 Å². The van der Waals surface area contributed by atoms with Crippen LogP contribution in [-0.2, 0) is 19.5 Å². The van der Waals surface area contributed by atoms with Gasteiger partial charge in [-0.1, -0.05) is 17.7 Å². The zero-order chi connectivity index (χ0) is 26.7. The first-order valence-electron chi connectivity index (χ1n) is 11.4. The molecule has 3 aromatic rings. The third-order valence-electron chi connectivity index (χ3n) is 6.40. The zero-order valence-corrected chi connectivity index (χ0v) is 22.7. The predicted octanol–water partition coefficient (Wildman–Crippen LogP) is 3.14. The van der Waals surface area contributed by atoms with Gasteiger partial charge >= 0.3 is 0 Å². The average molecular weight is 553 g/mol. The zero-order valence-electron chi connectivity index (χ0n) is 21.1. The van der Waals surface area contributed by atoms with E-state index in [1.54, 1.807) is 29.9 Å². The van der Waals surface area contributed by atoms with Crippen LogP contribution in [0.25, 0.3) is 5.69 Å². The van der Waals surface area contributed by atoms with E-state index < -0.39 is 21.4 Å². The molecule has 2 aromatic heterocycles. The number of sulfonamides is 1. The van der Waals surface area contributed by atoms with Crippen LogP contribution in [0, 0.1) is 0 Å². The first-order valence-corrected chi connectivity index (χ1v) is 13.4. The lowest BCUT2D eigenvalue weighted by atomic mass is 9.81. The lowest BCUT2D eigenvalue weighted by molar-refractivity contribution is 0.0232. The summed E-state index contributed by atoms with van der Waals surface area (Å²) in [5.41, 5.74) is 0.475. The van der Waals surface area contributed by atoms with Crippen molar-refractivity contribution in [3.63, 3.8) is 0 Å². The summed E-state index contributed by atoms with van der Waals surface area (Å²) < 4.78 is 53.4. The summed E-state index contributed by atoms with van der Waals surface area (Å²) in [6, 6.07) is 5.27. The van der Waals surface area contributed by atoms with Gasteiger partial charge in [0.1, 0.15) is 34.4 Å². The molecule has 0 radical (unpaired) electrons. The second-order valence-corrected chi connectivity index (χ2v) is 11.0. The molecule has 2 atom stereocenters. The molecule has 0 bridgehead atoms. The van der Waals surface area contributed by atoms with Crippen LogP contribution in [0.4, 0.5) is 5.95 Å². The van der Waals surface area contributed by atoms with Crippen LogP contribution in [0.2, 0.25) is 5.02 Å². The highest BCUT2D eigenvalue weighted by molar-refractivity contribution is 7.93. The number of aromatic nitrogens is 5. The second kappa shape index (κ2) is 11.2. The van der Waals surface area contributed by atoms with Crippen LogP contribution >= 0.6 is 11.6 Å². The van der Waals surface area contributed by atoms with Crippen LogP contribution in [0.1, 0.15) is 43.4 Å². The van der Waals surface area contributed by atoms with Gasteiger partial charge in [0.25, 0.3) is 0 Å². The molecule has 0 unspecified atom stereocenters. The number of halogens is 1. The minimum Gasteiger partial charge on any atom is -0.494 e. The molecule has 1 N–H and O–H groups in total. The maximum Gasteiger partial charge on any atom is 0.243 e. The molecule has 1 aliphatic carbocycles. The van der Waals surface area contributed by atoms with Crippen LogP contribution in [-0.4, -0.2) is 72.9 Å². The van der Waals surface area contributed by atoms with E-state index >= 15 is 0 Å². The van der Waals surface area contributed by atoms with E-state index in [1.807, 2.05) is 0 Å². The van der Waals surface area contributed by atoms with Crippen LogP contribution < -0.4 is 14.2 Å². The molecule has 0 saturated heterocycles. The van der Waals surface area contributed by atoms with Gasteiger partial charge in [0.2, 0.25) is 16.0 Å². The summed E-state index contributed by atoms with van der Waals surface area (Å²) in [5.74, 6) is 1.64. The minimum atomic E-state index is -4.09. The number of ether oxygens (including phenoxy) is 4. The van der Waals surface area contributed by atoms with Crippen LogP contribution in [0.15, 0.2) is 30.6 Å². The Morgan fingerprint density at radius 1 is 1.05 bits per heavy atom. The first kappa shape index (κ1) is 27.0. The van der Waals surface area contributed by atoms with E-state index in [2.05, 4.69) is 24.9 Å². The quantitative estimate of drug-likeness (QED) is 0.377. The summed E-state index contributed by atoms with van der Waals surface area (Å²) in [6.07, 6.45) is 3.32. The Morgan fingerprint density at radius 2 is 1.68 bits per heavy atom. The Labute approximate surface area is 220 Å². The molecule has 1 fully saturated rings. The van der Waals surface area contributed by atoms with Crippen molar-refractivity contribution < 1.29 is 27.4 Å². The number of methoxy groups -OCH3 is 4. The number of para-hydroxylation sites is 1. The highest BCUT2D eigenvalue weighted by atomic mass is 35.5. The Hall–Kier alpha value is -3.00. The number of hydrogen-bond donors (Lipinski definition) is 1. The van der Waals surface area contributed by atoms with E-state index in [4.69, 9.17) is 30.5 Å². The molecule has 2 heterocycles. The van der Waals surface area contributed by atoms with Crippen LogP contribution in [0.3, 0.4) is 0 Å². The SMILES string of the molecule is COc1cccc(OC)c1-n1c(NS(=O)(=O)[C@@H](C)[C@H](OC)c2ncc(Cl)cn2)nnc1[C@H]1C[C@H](OC)C1. The molecule has 0 spiro atoms. The Balaban J connectivity index is 1.76. The van der Waals surface area contributed by atoms with Gasteiger partial charge in [-0.3, -0.25) is 9.29 Å². The molecule has 1 aliphatic rings. The molecular formula is C23H29ClN6O6S. The Bertz CT molecular complexity index is 1310. The number of rotatable bonds is 11. The first-order chi connectivity index (χ1) is 17.7. The van der Waals surface area contributed by atoms with E-state index in [-0.39, 0.29) is 23.8 Å². The Kier molecular flexibility index (Phi) is 8.17. The number of benzene rings is 1. The molecule has 200 valence electrons. The highest BCUT2D eigenvalue weighted by Gasteiger charge is 2.38. The third-order valence-corrected chi connectivity index (χ3v) is 8.29.